The number of hydrogen-bond donors (Lipinski definition) is 1. The molecule has 2 rings (SSSR count). The normalized spacial score (nSPS) is 23.2. The van der Waals surface area contributed by atoms with Crippen LogP contribution in [0.15, 0.2) is 6.07 Å². The van der Waals surface area contributed by atoms with Crippen molar-refractivity contribution in [1.82, 2.24) is 4.98 Å². The summed E-state index contributed by atoms with van der Waals surface area (Å²) in [7, 11) is 1.74. The summed E-state index contributed by atoms with van der Waals surface area (Å²) in [5.74, 6) is -0.345. The van der Waals surface area contributed by atoms with Crippen LogP contribution < -0.4 is 10.6 Å². The standard InChI is InChI=1S/C11H15F2N3/c1-6-3-7(6)5-16(2)11-9(13)4-8(12)10(14)15-11/h4,6-7H,3,5H2,1-2H3,(H2,14,15). The fourth-order valence-corrected chi connectivity index (χ4v) is 1.83. The van der Waals surface area contributed by atoms with Gasteiger partial charge in [-0.15, -0.1) is 0 Å². The lowest BCUT2D eigenvalue weighted by Crippen LogP contribution is -2.23. The lowest BCUT2D eigenvalue weighted by atomic mass is 10.3. The SMILES string of the molecule is CC1CC1CN(C)c1nc(N)c(F)cc1F. The average Bonchev–Trinajstić information content (AvgIpc) is 2.87. The van der Waals surface area contributed by atoms with Gasteiger partial charge in [0.05, 0.1) is 0 Å². The van der Waals surface area contributed by atoms with E-state index in [0.29, 0.717) is 11.8 Å². The molecule has 1 fully saturated rings. The van der Waals surface area contributed by atoms with E-state index >= 15 is 0 Å². The number of anilines is 2. The van der Waals surface area contributed by atoms with Gasteiger partial charge in [0.1, 0.15) is 0 Å². The second-order valence-corrected chi connectivity index (χ2v) is 4.51. The van der Waals surface area contributed by atoms with Crippen molar-refractivity contribution in [2.45, 2.75) is 13.3 Å². The van der Waals surface area contributed by atoms with Crippen molar-refractivity contribution in [3.63, 3.8) is 0 Å². The molecule has 16 heavy (non-hydrogen) atoms. The molecule has 0 aromatic carbocycles. The van der Waals surface area contributed by atoms with Gasteiger partial charge >= 0.3 is 0 Å². The summed E-state index contributed by atoms with van der Waals surface area (Å²) >= 11 is 0. The summed E-state index contributed by atoms with van der Waals surface area (Å²) in [6.45, 7) is 2.89. The van der Waals surface area contributed by atoms with Gasteiger partial charge in [-0.05, 0) is 18.3 Å². The second kappa shape index (κ2) is 3.88. The maximum Gasteiger partial charge on any atom is 0.168 e. The molecule has 0 radical (unpaired) electrons. The Labute approximate surface area is 93.3 Å². The van der Waals surface area contributed by atoms with Crippen LogP contribution in [-0.4, -0.2) is 18.6 Å². The van der Waals surface area contributed by atoms with Crippen LogP contribution >= 0.6 is 0 Å². The Balaban J connectivity index is 2.15. The average molecular weight is 227 g/mol. The van der Waals surface area contributed by atoms with Crippen LogP contribution in [0.4, 0.5) is 20.4 Å². The summed E-state index contributed by atoms with van der Waals surface area (Å²) in [5, 5.41) is 0. The van der Waals surface area contributed by atoms with Crippen LogP contribution in [0.5, 0.6) is 0 Å². The number of halogens is 2. The molecule has 5 heteroatoms. The first kappa shape index (κ1) is 11.1. The van der Waals surface area contributed by atoms with Crippen LogP contribution in [0.3, 0.4) is 0 Å². The number of pyridine rings is 1. The van der Waals surface area contributed by atoms with Gasteiger partial charge in [0.25, 0.3) is 0 Å². The Morgan fingerprint density at radius 2 is 2.12 bits per heavy atom. The van der Waals surface area contributed by atoms with E-state index in [1.165, 1.54) is 0 Å². The predicted molar refractivity (Wildman–Crippen MR) is 59.1 cm³/mol. The van der Waals surface area contributed by atoms with Gasteiger partial charge in [-0.2, -0.15) is 0 Å². The predicted octanol–water partition coefficient (Wildman–Crippen LogP) is 2.03. The minimum Gasteiger partial charge on any atom is -0.381 e. The van der Waals surface area contributed by atoms with Crippen molar-refractivity contribution in [2.24, 2.45) is 11.8 Å². The van der Waals surface area contributed by atoms with Gasteiger partial charge in [0, 0.05) is 19.7 Å². The van der Waals surface area contributed by atoms with Gasteiger partial charge in [0.2, 0.25) is 0 Å². The number of nitrogen functional groups attached to an aromatic ring is 1. The third kappa shape index (κ3) is 2.08. The van der Waals surface area contributed by atoms with Crippen LogP contribution in [0, 0.1) is 23.5 Å². The largest absolute Gasteiger partial charge is 0.381 e. The molecule has 2 atom stereocenters. The molecule has 0 aliphatic heterocycles. The molecule has 0 bridgehead atoms. The van der Waals surface area contributed by atoms with E-state index in [0.717, 1.165) is 19.0 Å². The van der Waals surface area contributed by atoms with Crippen LogP contribution in [0.2, 0.25) is 0 Å². The first-order valence-electron chi connectivity index (χ1n) is 5.31. The Kier molecular flexibility index (Phi) is 2.69. The molecule has 1 aliphatic rings. The first-order chi connectivity index (χ1) is 7.49. The molecule has 2 N–H and O–H groups in total. The van der Waals surface area contributed by atoms with E-state index in [4.69, 9.17) is 5.73 Å². The summed E-state index contributed by atoms with van der Waals surface area (Å²) in [6.07, 6.45) is 1.16. The second-order valence-electron chi connectivity index (χ2n) is 4.51. The molecule has 88 valence electrons. The highest BCUT2D eigenvalue weighted by Gasteiger charge is 2.34. The Bertz CT molecular complexity index is 408. The molecule has 1 saturated carbocycles. The van der Waals surface area contributed by atoms with Crippen LogP contribution in [-0.2, 0) is 0 Å². The summed E-state index contributed by atoms with van der Waals surface area (Å²) < 4.78 is 26.4. The lowest BCUT2D eigenvalue weighted by Gasteiger charge is -2.19. The summed E-state index contributed by atoms with van der Waals surface area (Å²) in [5.41, 5.74) is 5.32. The topological polar surface area (TPSA) is 42.2 Å². The number of hydrogen-bond acceptors (Lipinski definition) is 3. The van der Waals surface area contributed by atoms with Gasteiger partial charge < -0.3 is 10.6 Å². The third-order valence-corrected chi connectivity index (χ3v) is 3.08. The third-order valence-electron chi connectivity index (χ3n) is 3.08. The zero-order valence-corrected chi connectivity index (χ0v) is 9.37. The molecular weight excluding hydrogens is 212 g/mol. The maximum absolute atomic E-state index is 13.4. The fourth-order valence-electron chi connectivity index (χ4n) is 1.83. The summed E-state index contributed by atoms with van der Waals surface area (Å²) in [6, 6.07) is 0.782. The molecule has 2 unspecified atom stereocenters. The van der Waals surface area contributed by atoms with Gasteiger partial charge in [0.15, 0.2) is 23.3 Å². The molecule has 3 nitrogen and oxygen atoms in total. The van der Waals surface area contributed by atoms with Crippen molar-refractivity contribution in [2.75, 3.05) is 24.2 Å². The van der Waals surface area contributed by atoms with Crippen LogP contribution in [0.25, 0.3) is 0 Å². The van der Waals surface area contributed by atoms with Crippen molar-refractivity contribution < 1.29 is 8.78 Å². The van der Waals surface area contributed by atoms with Crippen molar-refractivity contribution in [1.29, 1.82) is 0 Å². The molecule has 0 saturated heterocycles. The molecule has 1 aliphatic carbocycles. The number of nitrogens with zero attached hydrogens (tertiary/aromatic N) is 2. The molecule has 0 amide bonds. The quantitative estimate of drug-likeness (QED) is 0.859. The van der Waals surface area contributed by atoms with E-state index in [1.807, 2.05) is 0 Å². The van der Waals surface area contributed by atoms with Gasteiger partial charge in [-0.1, -0.05) is 6.92 Å². The van der Waals surface area contributed by atoms with E-state index in [-0.39, 0.29) is 11.6 Å². The number of aromatic nitrogens is 1. The van der Waals surface area contributed by atoms with Gasteiger partial charge in [-0.25, -0.2) is 13.8 Å². The maximum atomic E-state index is 13.4. The minimum absolute atomic E-state index is 0.123. The molecular formula is C11H15F2N3. The monoisotopic (exact) mass is 227 g/mol. The zero-order chi connectivity index (χ0) is 11.9. The van der Waals surface area contributed by atoms with Crippen LogP contribution in [0.1, 0.15) is 13.3 Å². The fraction of sp³-hybridized carbons (Fsp3) is 0.545. The summed E-state index contributed by atoms with van der Waals surface area (Å²) in [4.78, 5) is 5.43. The Morgan fingerprint density at radius 1 is 1.50 bits per heavy atom. The molecule has 0 spiro atoms. The van der Waals surface area contributed by atoms with Crippen molar-refractivity contribution in [3.8, 4) is 0 Å². The lowest BCUT2D eigenvalue weighted by molar-refractivity contribution is 0.571. The minimum atomic E-state index is -0.811. The Hall–Kier alpha value is -1.39. The highest BCUT2D eigenvalue weighted by Crippen LogP contribution is 2.38. The van der Waals surface area contributed by atoms with Crippen molar-refractivity contribution in [3.05, 3.63) is 17.7 Å². The number of nitrogens with two attached hydrogens (primary N) is 1. The van der Waals surface area contributed by atoms with E-state index in [2.05, 4.69) is 11.9 Å². The molecule has 1 heterocycles. The molecule has 1 aromatic heterocycles. The zero-order valence-electron chi connectivity index (χ0n) is 9.37. The van der Waals surface area contributed by atoms with E-state index in [9.17, 15) is 8.78 Å². The smallest absolute Gasteiger partial charge is 0.168 e. The highest BCUT2D eigenvalue weighted by atomic mass is 19.1. The van der Waals surface area contributed by atoms with Gasteiger partial charge in [-0.3, -0.25) is 0 Å². The molecule has 1 aromatic rings. The van der Waals surface area contributed by atoms with E-state index < -0.39 is 11.6 Å². The van der Waals surface area contributed by atoms with E-state index in [1.54, 1.807) is 11.9 Å². The van der Waals surface area contributed by atoms with Crippen molar-refractivity contribution >= 4 is 11.6 Å². The highest BCUT2D eigenvalue weighted by molar-refractivity contribution is 5.46. The first-order valence-corrected chi connectivity index (χ1v) is 5.31. The number of rotatable bonds is 3. The Morgan fingerprint density at radius 3 is 2.69 bits per heavy atom.